The molecule has 0 radical (unpaired) electrons. The van der Waals surface area contributed by atoms with Crippen LogP contribution in [0.4, 0.5) is 0 Å². The fourth-order valence-electron chi connectivity index (χ4n) is 1.94. The van der Waals surface area contributed by atoms with Crippen molar-refractivity contribution in [2.45, 2.75) is 6.42 Å². The summed E-state index contributed by atoms with van der Waals surface area (Å²) in [5.41, 5.74) is 0.972. The Bertz CT molecular complexity index is 525. The number of ketones is 1. The van der Waals surface area contributed by atoms with Crippen molar-refractivity contribution in [3.05, 3.63) is 48.2 Å². The molecule has 1 unspecified atom stereocenters. The largest absolute Gasteiger partial charge is 0.307 e. The molecule has 0 N–H and O–H groups in total. The SMILES string of the molecule is C#CCN1C=CC(=O)C(Cc2ccccc2)C1=O. The highest BCUT2D eigenvalue weighted by molar-refractivity contribution is 6.09. The number of carbonyl (C=O) groups is 2. The van der Waals surface area contributed by atoms with E-state index in [0.717, 1.165) is 5.56 Å². The second-order valence-corrected chi connectivity index (χ2v) is 4.13. The normalized spacial score (nSPS) is 18.8. The molecule has 2 rings (SSSR count). The summed E-state index contributed by atoms with van der Waals surface area (Å²) in [7, 11) is 0. The minimum absolute atomic E-state index is 0.155. The number of nitrogens with zero attached hydrogens (tertiary/aromatic N) is 1. The molecule has 0 aliphatic carbocycles. The molecule has 1 atom stereocenters. The van der Waals surface area contributed by atoms with Gasteiger partial charge in [-0.2, -0.15) is 0 Å². The Balaban J connectivity index is 2.17. The van der Waals surface area contributed by atoms with Gasteiger partial charge in [0.25, 0.3) is 0 Å². The molecule has 1 aromatic rings. The van der Waals surface area contributed by atoms with Crippen LogP contribution in [0.15, 0.2) is 42.6 Å². The van der Waals surface area contributed by atoms with E-state index in [2.05, 4.69) is 5.92 Å². The molecule has 90 valence electrons. The van der Waals surface area contributed by atoms with Crippen molar-refractivity contribution in [2.75, 3.05) is 6.54 Å². The van der Waals surface area contributed by atoms with Gasteiger partial charge in [-0.3, -0.25) is 9.59 Å². The molecule has 3 heteroatoms. The standard InChI is InChI=1S/C15H13NO2/c1-2-9-16-10-8-14(17)13(15(16)18)11-12-6-4-3-5-7-12/h1,3-8,10,13H,9,11H2. The zero-order valence-electron chi connectivity index (χ0n) is 9.87. The van der Waals surface area contributed by atoms with E-state index in [1.54, 1.807) is 0 Å². The third kappa shape index (κ3) is 2.49. The van der Waals surface area contributed by atoms with Gasteiger partial charge in [0.05, 0.1) is 6.54 Å². The smallest absolute Gasteiger partial charge is 0.238 e. The summed E-state index contributed by atoms with van der Waals surface area (Å²) < 4.78 is 0. The highest BCUT2D eigenvalue weighted by Crippen LogP contribution is 2.17. The fraction of sp³-hybridized carbons (Fsp3) is 0.200. The zero-order valence-corrected chi connectivity index (χ0v) is 9.87. The number of terminal acetylenes is 1. The number of allylic oxidation sites excluding steroid dienone is 1. The zero-order chi connectivity index (χ0) is 13.0. The van der Waals surface area contributed by atoms with Crippen LogP contribution in [0, 0.1) is 18.3 Å². The molecular weight excluding hydrogens is 226 g/mol. The number of hydrogen-bond acceptors (Lipinski definition) is 2. The molecule has 0 aromatic heterocycles. The van der Waals surface area contributed by atoms with Crippen LogP contribution in [-0.2, 0) is 16.0 Å². The van der Waals surface area contributed by atoms with Gasteiger partial charge >= 0.3 is 0 Å². The Hall–Kier alpha value is -2.34. The summed E-state index contributed by atoms with van der Waals surface area (Å²) >= 11 is 0. The second kappa shape index (κ2) is 5.33. The lowest BCUT2D eigenvalue weighted by Gasteiger charge is -2.25. The van der Waals surface area contributed by atoms with Gasteiger partial charge in [-0.05, 0) is 18.1 Å². The van der Waals surface area contributed by atoms with Crippen LogP contribution in [0.3, 0.4) is 0 Å². The fourth-order valence-corrected chi connectivity index (χ4v) is 1.94. The van der Waals surface area contributed by atoms with Gasteiger partial charge in [-0.1, -0.05) is 36.3 Å². The van der Waals surface area contributed by atoms with Crippen LogP contribution < -0.4 is 0 Å². The van der Waals surface area contributed by atoms with Crippen LogP contribution in [0.2, 0.25) is 0 Å². The predicted octanol–water partition coefficient (Wildman–Crippen LogP) is 1.40. The molecule has 0 saturated carbocycles. The molecule has 0 spiro atoms. The summed E-state index contributed by atoms with van der Waals surface area (Å²) in [6.45, 7) is 0.202. The topological polar surface area (TPSA) is 37.4 Å². The van der Waals surface area contributed by atoms with Gasteiger partial charge in [-0.25, -0.2) is 0 Å². The van der Waals surface area contributed by atoms with Crippen molar-refractivity contribution in [1.82, 2.24) is 4.90 Å². The van der Waals surface area contributed by atoms with Crippen LogP contribution in [0.5, 0.6) is 0 Å². The summed E-state index contributed by atoms with van der Waals surface area (Å²) in [6, 6.07) is 9.50. The molecule has 1 amide bonds. The molecule has 1 heterocycles. The van der Waals surface area contributed by atoms with Crippen molar-refractivity contribution >= 4 is 11.7 Å². The first kappa shape index (κ1) is 12.1. The third-order valence-electron chi connectivity index (χ3n) is 2.89. The van der Waals surface area contributed by atoms with Gasteiger partial charge in [0, 0.05) is 6.20 Å². The van der Waals surface area contributed by atoms with Crippen molar-refractivity contribution in [3.63, 3.8) is 0 Å². The van der Waals surface area contributed by atoms with Crippen molar-refractivity contribution in [2.24, 2.45) is 5.92 Å². The monoisotopic (exact) mass is 239 g/mol. The summed E-state index contributed by atoms with van der Waals surface area (Å²) in [5.74, 6) is 1.39. The summed E-state index contributed by atoms with van der Waals surface area (Å²) in [4.78, 5) is 25.3. The lowest BCUT2D eigenvalue weighted by molar-refractivity contribution is -0.138. The van der Waals surface area contributed by atoms with E-state index in [9.17, 15) is 9.59 Å². The van der Waals surface area contributed by atoms with Gasteiger partial charge < -0.3 is 4.90 Å². The highest BCUT2D eigenvalue weighted by Gasteiger charge is 2.31. The molecule has 1 aliphatic heterocycles. The van der Waals surface area contributed by atoms with E-state index >= 15 is 0 Å². The number of amides is 1. The molecule has 18 heavy (non-hydrogen) atoms. The first-order chi connectivity index (χ1) is 8.72. The van der Waals surface area contributed by atoms with Gasteiger partial charge in [0.2, 0.25) is 5.91 Å². The lowest BCUT2D eigenvalue weighted by atomic mass is 9.92. The first-order valence-electron chi connectivity index (χ1n) is 5.72. The maximum absolute atomic E-state index is 12.1. The van der Waals surface area contributed by atoms with E-state index in [4.69, 9.17) is 6.42 Å². The number of benzene rings is 1. The van der Waals surface area contributed by atoms with E-state index in [0.29, 0.717) is 6.42 Å². The van der Waals surface area contributed by atoms with Crippen molar-refractivity contribution < 1.29 is 9.59 Å². The van der Waals surface area contributed by atoms with E-state index in [1.807, 2.05) is 30.3 Å². The average molecular weight is 239 g/mol. The minimum Gasteiger partial charge on any atom is -0.307 e. The maximum atomic E-state index is 12.1. The molecule has 0 saturated heterocycles. The Morgan fingerprint density at radius 1 is 1.22 bits per heavy atom. The molecule has 3 nitrogen and oxygen atoms in total. The van der Waals surface area contributed by atoms with Crippen molar-refractivity contribution in [1.29, 1.82) is 0 Å². The Morgan fingerprint density at radius 3 is 2.61 bits per heavy atom. The minimum atomic E-state index is -0.647. The van der Waals surface area contributed by atoms with Crippen LogP contribution in [0.25, 0.3) is 0 Å². The molecule has 1 aliphatic rings. The molecule has 1 aromatic carbocycles. The average Bonchev–Trinajstić information content (AvgIpc) is 2.39. The Kier molecular flexibility index (Phi) is 3.59. The van der Waals surface area contributed by atoms with E-state index in [1.165, 1.54) is 17.2 Å². The lowest BCUT2D eigenvalue weighted by Crippen LogP contribution is -2.40. The van der Waals surface area contributed by atoms with Gasteiger partial charge in [0.15, 0.2) is 5.78 Å². The number of hydrogen-bond donors (Lipinski definition) is 0. The van der Waals surface area contributed by atoms with Crippen LogP contribution in [0.1, 0.15) is 5.56 Å². The van der Waals surface area contributed by atoms with E-state index < -0.39 is 5.92 Å². The maximum Gasteiger partial charge on any atom is 0.238 e. The summed E-state index contributed by atoms with van der Waals surface area (Å²) in [6.07, 6.45) is 8.50. The third-order valence-corrected chi connectivity index (χ3v) is 2.89. The molecule has 0 bridgehead atoms. The van der Waals surface area contributed by atoms with Gasteiger partial charge in [0.1, 0.15) is 5.92 Å². The number of carbonyl (C=O) groups excluding carboxylic acids is 2. The molecule has 0 fully saturated rings. The number of rotatable bonds is 3. The van der Waals surface area contributed by atoms with Crippen LogP contribution >= 0.6 is 0 Å². The van der Waals surface area contributed by atoms with Crippen molar-refractivity contribution in [3.8, 4) is 12.3 Å². The van der Waals surface area contributed by atoms with E-state index in [-0.39, 0.29) is 18.2 Å². The van der Waals surface area contributed by atoms with Gasteiger partial charge in [-0.15, -0.1) is 6.42 Å². The predicted molar refractivity (Wildman–Crippen MR) is 68.3 cm³/mol. The molecular formula is C15H13NO2. The summed E-state index contributed by atoms with van der Waals surface area (Å²) in [5, 5.41) is 0. The Labute approximate surface area is 106 Å². The second-order valence-electron chi connectivity index (χ2n) is 4.13. The highest BCUT2D eigenvalue weighted by atomic mass is 16.2. The quantitative estimate of drug-likeness (QED) is 0.590. The van der Waals surface area contributed by atoms with Crippen LogP contribution in [-0.4, -0.2) is 23.1 Å². The first-order valence-corrected chi connectivity index (χ1v) is 5.72. The Morgan fingerprint density at radius 2 is 1.94 bits per heavy atom.